The lowest BCUT2D eigenvalue weighted by molar-refractivity contribution is 0.141. The van der Waals surface area contributed by atoms with E-state index in [0.717, 1.165) is 5.69 Å². The molecular formula is C10H18N2O2. The van der Waals surface area contributed by atoms with Gasteiger partial charge in [0.1, 0.15) is 6.61 Å². The molecule has 0 unspecified atom stereocenters. The first kappa shape index (κ1) is 11.0. The second-order valence-corrected chi connectivity index (χ2v) is 4.19. The number of rotatable bonds is 4. The van der Waals surface area contributed by atoms with Crippen LogP contribution in [-0.4, -0.2) is 30.3 Å². The molecular weight excluding hydrogens is 180 g/mol. The fourth-order valence-corrected chi connectivity index (χ4v) is 0.979. The number of hydrogen-bond donors (Lipinski definition) is 1. The van der Waals surface area contributed by atoms with Gasteiger partial charge in [0, 0.05) is 18.2 Å². The van der Waals surface area contributed by atoms with Crippen molar-refractivity contribution in [2.45, 2.75) is 26.2 Å². The van der Waals surface area contributed by atoms with Crippen molar-refractivity contribution in [2.75, 3.05) is 20.3 Å². The summed E-state index contributed by atoms with van der Waals surface area (Å²) in [6.07, 6.45) is 1.81. The topological polar surface area (TPSA) is 47.1 Å². The lowest BCUT2D eigenvalue weighted by Crippen LogP contribution is -2.11. The average Bonchev–Trinajstić information content (AvgIpc) is 2.52. The van der Waals surface area contributed by atoms with E-state index in [9.17, 15) is 0 Å². The van der Waals surface area contributed by atoms with Gasteiger partial charge < -0.3 is 14.5 Å². The molecule has 1 rings (SSSR count). The maximum atomic E-state index is 5.33. The van der Waals surface area contributed by atoms with Crippen molar-refractivity contribution in [2.24, 2.45) is 0 Å². The Labute approximate surface area is 84.6 Å². The average molecular weight is 198 g/mol. The summed E-state index contributed by atoms with van der Waals surface area (Å²) in [5.74, 6) is 0. The van der Waals surface area contributed by atoms with E-state index < -0.39 is 0 Å². The maximum absolute atomic E-state index is 5.33. The molecule has 0 fully saturated rings. The minimum Gasteiger partial charge on any atom is -0.462 e. The molecule has 0 saturated heterocycles. The highest BCUT2D eigenvalue weighted by molar-refractivity contribution is 5.13. The summed E-state index contributed by atoms with van der Waals surface area (Å²) < 4.78 is 10.2. The molecule has 1 N–H and O–H groups in total. The molecule has 0 radical (unpaired) electrons. The van der Waals surface area contributed by atoms with Gasteiger partial charge in [-0.05, 0) is 0 Å². The Kier molecular flexibility index (Phi) is 3.52. The highest BCUT2D eigenvalue weighted by Gasteiger charge is 2.16. The molecule has 1 aromatic heterocycles. The lowest BCUT2D eigenvalue weighted by atomic mass is 9.93. The Balaban J connectivity index is 2.51. The van der Waals surface area contributed by atoms with Gasteiger partial charge in [-0.15, -0.1) is 0 Å². The van der Waals surface area contributed by atoms with E-state index in [1.165, 1.54) is 0 Å². The molecule has 1 aromatic rings. The van der Waals surface area contributed by atoms with Crippen LogP contribution < -0.4 is 4.74 Å². The van der Waals surface area contributed by atoms with E-state index in [4.69, 9.17) is 9.47 Å². The van der Waals surface area contributed by atoms with Crippen LogP contribution in [0, 0.1) is 0 Å². The van der Waals surface area contributed by atoms with Gasteiger partial charge >= 0.3 is 0 Å². The number of aromatic amines is 1. The Morgan fingerprint density at radius 2 is 2.07 bits per heavy atom. The van der Waals surface area contributed by atoms with Crippen molar-refractivity contribution in [3.63, 3.8) is 0 Å². The third-order valence-electron chi connectivity index (χ3n) is 1.89. The number of H-pyrrole nitrogens is 1. The minimum absolute atomic E-state index is 0.0792. The van der Waals surface area contributed by atoms with Crippen LogP contribution in [0.1, 0.15) is 26.5 Å². The summed E-state index contributed by atoms with van der Waals surface area (Å²) in [4.78, 5) is 7.24. The first-order chi connectivity index (χ1) is 6.54. The normalized spacial score (nSPS) is 11.7. The number of hydrogen-bond acceptors (Lipinski definition) is 3. The summed E-state index contributed by atoms with van der Waals surface area (Å²) >= 11 is 0. The van der Waals surface area contributed by atoms with Crippen LogP contribution in [0.15, 0.2) is 6.20 Å². The van der Waals surface area contributed by atoms with E-state index in [2.05, 4.69) is 30.7 Å². The van der Waals surface area contributed by atoms with Gasteiger partial charge in [-0.2, -0.15) is 0 Å². The Hall–Kier alpha value is -1.03. The predicted molar refractivity (Wildman–Crippen MR) is 54.7 cm³/mol. The molecule has 4 heteroatoms. The van der Waals surface area contributed by atoms with Crippen LogP contribution in [0.3, 0.4) is 0 Å². The van der Waals surface area contributed by atoms with Crippen molar-refractivity contribution in [3.8, 4) is 6.01 Å². The van der Waals surface area contributed by atoms with Crippen molar-refractivity contribution in [1.29, 1.82) is 0 Å². The minimum atomic E-state index is 0.0792. The number of ether oxygens (including phenoxy) is 2. The molecule has 0 aromatic carbocycles. The maximum Gasteiger partial charge on any atom is 0.293 e. The molecule has 0 bridgehead atoms. The van der Waals surface area contributed by atoms with Crippen molar-refractivity contribution in [1.82, 2.24) is 9.97 Å². The molecule has 0 atom stereocenters. The van der Waals surface area contributed by atoms with Crippen molar-refractivity contribution in [3.05, 3.63) is 11.9 Å². The van der Waals surface area contributed by atoms with Crippen LogP contribution in [0.25, 0.3) is 0 Å². The molecule has 1 heterocycles. The standard InChI is InChI=1S/C10H18N2O2/c1-10(2,3)8-7-11-9(12-8)14-6-5-13-4/h7H,5-6H2,1-4H3,(H,11,12). The second kappa shape index (κ2) is 4.46. The number of nitrogens with one attached hydrogen (secondary N) is 1. The second-order valence-electron chi connectivity index (χ2n) is 4.19. The third-order valence-corrected chi connectivity index (χ3v) is 1.89. The van der Waals surface area contributed by atoms with E-state index in [-0.39, 0.29) is 5.41 Å². The van der Waals surface area contributed by atoms with E-state index >= 15 is 0 Å². The zero-order valence-corrected chi connectivity index (χ0v) is 9.26. The molecule has 0 aliphatic heterocycles. The summed E-state index contributed by atoms with van der Waals surface area (Å²) in [5, 5.41) is 0. The molecule has 0 saturated carbocycles. The van der Waals surface area contributed by atoms with Crippen molar-refractivity contribution < 1.29 is 9.47 Å². The number of imidazole rings is 1. The highest BCUT2D eigenvalue weighted by atomic mass is 16.5. The zero-order valence-electron chi connectivity index (χ0n) is 9.26. The van der Waals surface area contributed by atoms with E-state index in [0.29, 0.717) is 19.2 Å². The number of nitrogens with zero attached hydrogens (tertiary/aromatic N) is 1. The Morgan fingerprint density at radius 3 is 2.57 bits per heavy atom. The monoisotopic (exact) mass is 198 g/mol. The van der Waals surface area contributed by atoms with Crippen LogP contribution in [0.2, 0.25) is 0 Å². The van der Waals surface area contributed by atoms with Gasteiger partial charge in [-0.1, -0.05) is 20.8 Å². The Morgan fingerprint density at radius 1 is 1.36 bits per heavy atom. The first-order valence-corrected chi connectivity index (χ1v) is 4.71. The fourth-order valence-electron chi connectivity index (χ4n) is 0.979. The quantitative estimate of drug-likeness (QED) is 0.749. The summed E-state index contributed by atoms with van der Waals surface area (Å²) in [7, 11) is 1.64. The fraction of sp³-hybridized carbons (Fsp3) is 0.700. The number of aromatic nitrogens is 2. The molecule has 0 aliphatic rings. The van der Waals surface area contributed by atoms with E-state index in [1.54, 1.807) is 7.11 Å². The van der Waals surface area contributed by atoms with Crippen LogP contribution in [-0.2, 0) is 10.2 Å². The highest BCUT2D eigenvalue weighted by Crippen LogP contribution is 2.21. The van der Waals surface area contributed by atoms with Crippen LogP contribution in [0.4, 0.5) is 0 Å². The van der Waals surface area contributed by atoms with Gasteiger partial charge in [0.2, 0.25) is 0 Å². The van der Waals surface area contributed by atoms with Gasteiger partial charge in [0.25, 0.3) is 6.01 Å². The molecule has 0 spiro atoms. The zero-order chi connectivity index (χ0) is 10.6. The predicted octanol–water partition coefficient (Wildman–Crippen LogP) is 1.73. The third kappa shape index (κ3) is 3.03. The first-order valence-electron chi connectivity index (χ1n) is 4.71. The van der Waals surface area contributed by atoms with Gasteiger partial charge in [0.15, 0.2) is 0 Å². The van der Waals surface area contributed by atoms with Crippen LogP contribution >= 0.6 is 0 Å². The SMILES string of the molecule is COCCOc1ncc(C(C)(C)C)[nH]1. The molecule has 4 nitrogen and oxygen atoms in total. The van der Waals surface area contributed by atoms with E-state index in [1.807, 2.05) is 6.20 Å². The largest absolute Gasteiger partial charge is 0.462 e. The van der Waals surface area contributed by atoms with Gasteiger partial charge in [0.05, 0.1) is 12.8 Å². The van der Waals surface area contributed by atoms with Crippen LogP contribution in [0.5, 0.6) is 6.01 Å². The summed E-state index contributed by atoms with van der Waals surface area (Å²) in [6.45, 7) is 7.47. The smallest absolute Gasteiger partial charge is 0.293 e. The summed E-state index contributed by atoms with van der Waals surface area (Å²) in [6, 6.07) is 0.562. The summed E-state index contributed by atoms with van der Waals surface area (Å²) in [5.41, 5.74) is 1.15. The number of methoxy groups -OCH3 is 1. The van der Waals surface area contributed by atoms with Gasteiger partial charge in [-0.25, -0.2) is 4.98 Å². The van der Waals surface area contributed by atoms with Crippen molar-refractivity contribution >= 4 is 0 Å². The molecule has 0 aliphatic carbocycles. The molecule has 0 amide bonds. The lowest BCUT2D eigenvalue weighted by Gasteiger charge is -2.14. The Bertz CT molecular complexity index is 276. The van der Waals surface area contributed by atoms with Gasteiger partial charge in [-0.3, -0.25) is 0 Å². The molecule has 80 valence electrons. The molecule has 14 heavy (non-hydrogen) atoms.